The molecule has 0 spiro atoms. The van der Waals surface area contributed by atoms with Crippen molar-refractivity contribution in [2.75, 3.05) is 0 Å². The monoisotopic (exact) mass is 388 g/mol. The van der Waals surface area contributed by atoms with Crippen LogP contribution in [0.3, 0.4) is 0 Å². The van der Waals surface area contributed by atoms with Crippen LogP contribution in [0, 0.1) is 17.7 Å². The Kier molecular flexibility index (Phi) is 7.06. The minimum absolute atomic E-state index is 0.345. The zero-order chi connectivity index (χ0) is 19.8. The summed E-state index contributed by atoms with van der Waals surface area (Å²) in [5, 5.41) is 0.371. The highest BCUT2D eigenvalue weighted by Crippen LogP contribution is 2.21. The highest BCUT2D eigenvalue weighted by Gasteiger charge is 2.01. The second kappa shape index (κ2) is 9.93. The van der Waals surface area contributed by atoms with Gasteiger partial charge in [-0.15, -0.1) is 6.58 Å². The third kappa shape index (κ3) is 5.59. The first kappa shape index (κ1) is 19.9. The molecular weight excluding hydrogens is 367 g/mol. The fraction of sp³-hybridized carbons (Fsp3) is 0.154. The minimum atomic E-state index is -0.402. The summed E-state index contributed by atoms with van der Waals surface area (Å²) in [5.41, 5.74) is 4.87. The lowest BCUT2D eigenvalue weighted by Crippen LogP contribution is -1.86. The molecule has 0 bridgehead atoms. The predicted octanol–water partition coefficient (Wildman–Crippen LogP) is 7.44. The Balaban J connectivity index is 1.66. The number of hydrogen-bond donors (Lipinski definition) is 0. The van der Waals surface area contributed by atoms with Gasteiger partial charge in [-0.05, 0) is 72.7 Å². The van der Waals surface area contributed by atoms with Gasteiger partial charge in [0.1, 0.15) is 5.82 Å². The molecule has 0 aromatic heterocycles. The Bertz CT molecular complexity index is 989. The lowest BCUT2D eigenvalue weighted by atomic mass is 10.0. The quantitative estimate of drug-likeness (QED) is 0.234. The van der Waals surface area contributed by atoms with Crippen molar-refractivity contribution in [3.8, 4) is 23.0 Å². The van der Waals surface area contributed by atoms with Crippen molar-refractivity contribution >= 4 is 11.6 Å². The van der Waals surface area contributed by atoms with Crippen LogP contribution >= 0.6 is 11.6 Å². The summed E-state index contributed by atoms with van der Waals surface area (Å²) in [6.07, 6.45) is 6.53. The van der Waals surface area contributed by atoms with Gasteiger partial charge in [-0.3, -0.25) is 0 Å². The molecule has 28 heavy (non-hydrogen) atoms. The molecule has 140 valence electrons. The molecule has 0 fully saturated rings. The van der Waals surface area contributed by atoms with Crippen LogP contribution in [0.1, 0.15) is 36.0 Å². The molecule has 0 aliphatic carbocycles. The van der Waals surface area contributed by atoms with Crippen LogP contribution in [0.4, 0.5) is 4.39 Å². The zero-order valence-corrected chi connectivity index (χ0v) is 16.5. The Morgan fingerprint density at radius 1 is 0.857 bits per heavy atom. The molecule has 2 heteroatoms. The van der Waals surface area contributed by atoms with E-state index in [1.54, 1.807) is 12.1 Å². The van der Waals surface area contributed by atoms with Gasteiger partial charge in [0.2, 0.25) is 0 Å². The predicted molar refractivity (Wildman–Crippen MR) is 117 cm³/mol. The lowest BCUT2D eigenvalue weighted by Gasteiger charge is -2.05. The fourth-order valence-electron chi connectivity index (χ4n) is 2.96. The SMILES string of the molecule is C=CCCCCc1ccc(-c2ccc(C#Cc3ccc(Cl)cc3F)cc2)cc1. The van der Waals surface area contributed by atoms with Crippen LogP contribution in [-0.4, -0.2) is 0 Å². The maximum absolute atomic E-state index is 13.8. The van der Waals surface area contributed by atoms with Crippen LogP contribution in [0.5, 0.6) is 0 Å². The van der Waals surface area contributed by atoms with Crippen molar-refractivity contribution in [3.05, 3.63) is 107 Å². The molecule has 0 nitrogen and oxygen atoms in total. The average Bonchev–Trinajstić information content (AvgIpc) is 2.72. The number of benzene rings is 3. The molecule has 0 amide bonds. The third-order valence-electron chi connectivity index (χ3n) is 4.57. The lowest BCUT2D eigenvalue weighted by molar-refractivity contribution is 0.624. The molecule has 0 saturated heterocycles. The van der Waals surface area contributed by atoms with Gasteiger partial charge in [0.15, 0.2) is 0 Å². The molecule has 0 aliphatic heterocycles. The van der Waals surface area contributed by atoms with Gasteiger partial charge >= 0.3 is 0 Å². The Morgan fingerprint density at radius 3 is 2.18 bits per heavy atom. The van der Waals surface area contributed by atoms with E-state index in [2.05, 4.69) is 42.7 Å². The Morgan fingerprint density at radius 2 is 1.54 bits per heavy atom. The first-order valence-corrected chi connectivity index (χ1v) is 9.81. The second-order valence-corrected chi connectivity index (χ2v) is 7.12. The molecule has 0 aliphatic rings. The van der Waals surface area contributed by atoms with Crippen LogP contribution in [0.15, 0.2) is 79.4 Å². The number of aryl methyl sites for hydroxylation is 1. The zero-order valence-electron chi connectivity index (χ0n) is 15.7. The number of allylic oxidation sites excluding steroid dienone is 1. The second-order valence-electron chi connectivity index (χ2n) is 6.68. The van der Waals surface area contributed by atoms with Crippen molar-refractivity contribution in [1.29, 1.82) is 0 Å². The van der Waals surface area contributed by atoms with E-state index >= 15 is 0 Å². The molecule has 0 saturated carbocycles. The van der Waals surface area contributed by atoms with E-state index in [4.69, 9.17) is 11.6 Å². The summed E-state index contributed by atoms with van der Waals surface area (Å²) in [5.74, 6) is 5.46. The average molecular weight is 389 g/mol. The van der Waals surface area contributed by atoms with Crippen molar-refractivity contribution in [3.63, 3.8) is 0 Å². The van der Waals surface area contributed by atoms with E-state index in [-0.39, 0.29) is 0 Å². The van der Waals surface area contributed by atoms with Crippen molar-refractivity contribution in [1.82, 2.24) is 0 Å². The maximum Gasteiger partial charge on any atom is 0.140 e. The van der Waals surface area contributed by atoms with Crippen molar-refractivity contribution in [2.45, 2.75) is 25.7 Å². The molecule has 0 unspecified atom stereocenters. The van der Waals surface area contributed by atoms with Crippen LogP contribution in [-0.2, 0) is 6.42 Å². The Labute approximate surface area is 171 Å². The summed E-state index contributed by atoms with van der Waals surface area (Å²) in [7, 11) is 0. The summed E-state index contributed by atoms with van der Waals surface area (Å²) < 4.78 is 13.8. The van der Waals surface area contributed by atoms with Crippen LogP contribution < -0.4 is 0 Å². The first-order chi connectivity index (χ1) is 13.7. The van der Waals surface area contributed by atoms with Gasteiger partial charge in [0.25, 0.3) is 0 Å². The minimum Gasteiger partial charge on any atom is -0.206 e. The smallest absolute Gasteiger partial charge is 0.140 e. The fourth-order valence-corrected chi connectivity index (χ4v) is 3.12. The van der Waals surface area contributed by atoms with Crippen LogP contribution in [0.25, 0.3) is 11.1 Å². The summed E-state index contributed by atoms with van der Waals surface area (Å²) in [6.45, 7) is 3.76. The summed E-state index contributed by atoms with van der Waals surface area (Å²) in [4.78, 5) is 0. The molecule has 0 radical (unpaired) electrons. The third-order valence-corrected chi connectivity index (χ3v) is 4.80. The number of hydrogen-bond acceptors (Lipinski definition) is 0. The largest absolute Gasteiger partial charge is 0.206 e. The highest BCUT2D eigenvalue weighted by atomic mass is 35.5. The van der Waals surface area contributed by atoms with Gasteiger partial charge < -0.3 is 0 Å². The first-order valence-electron chi connectivity index (χ1n) is 9.43. The van der Waals surface area contributed by atoms with Gasteiger partial charge in [-0.25, -0.2) is 4.39 Å². The van der Waals surface area contributed by atoms with Gasteiger partial charge in [0, 0.05) is 10.6 Å². The van der Waals surface area contributed by atoms with Crippen LogP contribution in [0.2, 0.25) is 5.02 Å². The molecule has 0 N–H and O–H groups in total. The Hall–Kier alpha value is -2.82. The maximum atomic E-state index is 13.8. The molecular formula is C26H22ClF. The van der Waals surface area contributed by atoms with Crippen molar-refractivity contribution in [2.24, 2.45) is 0 Å². The van der Waals surface area contributed by atoms with Crippen molar-refractivity contribution < 1.29 is 4.39 Å². The number of unbranched alkanes of at least 4 members (excludes halogenated alkanes) is 2. The molecule has 3 aromatic rings. The molecule has 3 aromatic carbocycles. The standard InChI is InChI=1S/C26H22ClF/c1-2-3-4-5-6-20-7-12-22(13-8-20)23-14-9-21(10-15-23)11-16-24-17-18-25(27)19-26(24)28/h2,7-10,12-15,17-19H,1,3-6H2. The van der Waals surface area contributed by atoms with E-state index in [1.807, 2.05) is 30.3 Å². The molecule has 0 heterocycles. The van der Waals surface area contributed by atoms with E-state index < -0.39 is 5.82 Å². The normalized spacial score (nSPS) is 10.2. The summed E-state index contributed by atoms with van der Waals surface area (Å²) in [6, 6.07) is 21.2. The molecule has 0 atom stereocenters. The number of halogens is 2. The van der Waals surface area contributed by atoms with Gasteiger partial charge in [-0.1, -0.05) is 65.9 Å². The van der Waals surface area contributed by atoms with E-state index in [9.17, 15) is 4.39 Å². The van der Waals surface area contributed by atoms with E-state index in [0.717, 1.165) is 24.0 Å². The molecule has 3 rings (SSSR count). The van der Waals surface area contributed by atoms with E-state index in [0.29, 0.717) is 10.6 Å². The van der Waals surface area contributed by atoms with Gasteiger partial charge in [-0.2, -0.15) is 0 Å². The van der Waals surface area contributed by atoms with Gasteiger partial charge in [0.05, 0.1) is 5.56 Å². The van der Waals surface area contributed by atoms with E-state index in [1.165, 1.54) is 30.0 Å². The number of rotatable bonds is 6. The summed E-state index contributed by atoms with van der Waals surface area (Å²) >= 11 is 5.77. The highest BCUT2D eigenvalue weighted by molar-refractivity contribution is 6.30. The topological polar surface area (TPSA) is 0 Å².